The lowest BCUT2D eigenvalue weighted by molar-refractivity contribution is 0.101. The first kappa shape index (κ1) is 17.7. The molecule has 0 aromatic heterocycles. The van der Waals surface area contributed by atoms with Crippen LogP contribution in [0.1, 0.15) is 41.3 Å². The average molecular weight is 367 g/mol. The Morgan fingerprint density at radius 1 is 1.30 bits per heavy atom. The van der Waals surface area contributed by atoms with Crippen LogP contribution in [-0.2, 0) is 6.54 Å². The lowest BCUT2D eigenvalue weighted by atomic mass is 9.99. The molecule has 4 nitrogen and oxygen atoms in total. The molecular formula is C22H22FNO3. The maximum atomic E-state index is 13.9. The Kier molecular flexibility index (Phi) is 4.70. The Morgan fingerprint density at radius 2 is 2.11 bits per heavy atom. The molecule has 0 amide bonds. The molecule has 1 atom stereocenters. The van der Waals surface area contributed by atoms with Crippen LogP contribution in [0, 0.1) is 11.7 Å². The van der Waals surface area contributed by atoms with E-state index in [-0.39, 0.29) is 17.3 Å². The quantitative estimate of drug-likeness (QED) is 0.818. The van der Waals surface area contributed by atoms with Crippen LogP contribution in [0.3, 0.4) is 0 Å². The zero-order chi connectivity index (χ0) is 19.0. The molecule has 0 spiro atoms. The third-order valence-electron chi connectivity index (χ3n) is 5.23. The lowest BCUT2D eigenvalue weighted by Crippen LogP contribution is -2.33. The zero-order valence-electron chi connectivity index (χ0n) is 15.2. The Morgan fingerprint density at radius 3 is 2.89 bits per heavy atom. The Bertz CT molecular complexity index is 922. The summed E-state index contributed by atoms with van der Waals surface area (Å²) in [6.45, 7) is 4.66. The van der Waals surface area contributed by atoms with Crippen molar-refractivity contribution in [2.75, 3.05) is 13.1 Å². The molecule has 2 heterocycles. The number of nitrogens with zero attached hydrogens (tertiary/aromatic N) is 1. The number of likely N-dealkylation sites (tertiary alicyclic amines) is 1. The van der Waals surface area contributed by atoms with Gasteiger partial charge in [-0.3, -0.25) is 9.69 Å². The normalized spacial score (nSPS) is 21.3. The number of halogens is 1. The van der Waals surface area contributed by atoms with Crippen LogP contribution in [0.4, 0.5) is 4.39 Å². The summed E-state index contributed by atoms with van der Waals surface area (Å²) in [7, 11) is 0. The second kappa shape index (κ2) is 7.16. The minimum Gasteiger partial charge on any atom is -0.507 e. The number of phenols is 1. The number of ketones is 1. The van der Waals surface area contributed by atoms with E-state index in [9.17, 15) is 14.3 Å². The zero-order valence-corrected chi connectivity index (χ0v) is 15.2. The number of aromatic hydroxyl groups is 1. The van der Waals surface area contributed by atoms with Crippen molar-refractivity contribution < 1.29 is 19.0 Å². The van der Waals surface area contributed by atoms with Crippen molar-refractivity contribution in [3.05, 3.63) is 64.7 Å². The summed E-state index contributed by atoms with van der Waals surface area (Å²) < 4.78 is 19.7. The first-order chi connectivity index (χ1) is 13.0. The van der Waals surface area contributed by atoms with Gasteiger partial charge in [0.2, 0.25) is 5.78 Å². The van der Waals surface area contributed by atoms with Crippen molar-refractivity contribution in [2.45, 2.75) is 26.3 Å². The van der Waals surface area contributed by atoms with Gasteiger partial charge < -0.3 is 9.84 Å². The number of benzene rings is 2. The van der Waals surface area contributed by atoms with Crippen LogP contribution in [-0.4, -0.2) is 28.9 Å². The van der Waals surface area contributed by atoms with E-state index in [0.29, 0.717) is 34.9 Å². The Labute approximate surface area is 157 Å². The van der Waals surface area contributed by atoms with E-state index in [0.717, 1.165) is 19.5 Å². The van der Waals surface area contributed by atoms with Crippen LogP contribution in [0.15, 0.2) is 42.2 Å². The van der Waals surface area contributed by atoms with Gasteiger partial charge in [0.15, 0.2) is 5.76 Å². The van der Waals surface area contributed by atoms with Crippen molar-refractivity contribution in [3.8, 4) is 11.5 Å². The number of hydrogen-bond acceptors (Lipinski definition) is 4. The number of carbonyl (C=O) groups excluding carboxylic acids is 1. The highest BCUT2D eigenvalue weighted by atomic mass is 19.1. The summed E-state index contributed by atoms with van der Waals surface area (Å²) in [5, 5.41) is 10.4. The van der Waals surface area contributed by atoms with Gasteiger partial charge in [-0.15, -0.1) is 0 Å². The van der Waals surface area contributed by atoms with E-state index in [1.165, 1.54) is 24.6 Å². The van der Waals surface area contributed by atoms with Crippen LogP contribution in [0.25, 0.3) is 6.08 Å². The second-order valence-corrected chi connectivity index (χ2v) is 7.38. The average Bonchev–Trinajstić information content (AvgIpc) is 2.96. The topological polar surface area (TPSA) is 49.8 Å². The third-order valence-corrected chi connectivity index (χ3v) is 5.23. The fourth-order valence-corrected chi connectivity index (χ4v) is 3.84. The largest absolute Gasteiger partial charge is 0.507 e. The van der Waals surface area contributed by atoms with Crippen LogP contribution in [0.2, 0.25) is 0 Å². The minimum absolute atomic E-state index is 0.0777. The van der Waals surface area contributed by atoms with Crippen LogP contribution >= 0.6 is 0 Å². The number of fused-ring (bicyclic) bond motifs is 1. The van der Waals surface area contributed by atoms with E-state index in [1.807, 2.05) is 0 Å². The molecule has 1 saturated heterocycles. The van der Waals surface area contributed by atoms with Gasteiger partial charge in [-0.05, 0) is 49.6 Å². The van der Waals surface area contributed by atoms with Gasteiger partial charge in [-0.1, -0.05) is 25.1 Å². The SMILES string of the molecule is CC1CCCN(Cc2c(O)ccc3c2O/C(=C/c2ccccc2F)C3=O)C1. The summed E-state index contributed by atoms with van der Waals surface area (Å²) in [6.07, 6.45) is 3.75. The highest BCUT2D eigenvalue weighted by Crippen LogP contribution is 2.40. The fourth-order valence-electron chi connectivity index (χ4n) is 3.84. The molecule has 2 aliphatic rings. The fraction of sp³-hybridized carbons (Fsp3) is 0.318. The number of piperidine rings is 1. The second-order valence-electron chi connectivity index (χ2n) is 7.38. The number of phenolic OH excluding ortho intramolecular Hbond substituents is 1. The molecule has 4 rings (SSSR count). The molecule has 140 valence electrons. The predicted octanol–water partition coefficient (Wildman–Crippen LogP) is 4.38. The lowest BCUT2D eigenvalue weighted by Gasteiger charge is -2.31. The van der Waals surface area contributed by atoms with E-state index < -0.39 is 5.82 Å². The number of carbonyl (C=O) groups is 1. The van der Waals surface area contributed by atoms with Gasteiger partial charge in [0, 0.05) is 18.7 Å². The molecule has 0 aliphatic carbocycles. The first-order valence-electron chi connectivity index (χ1n) is 9.29. The summed E-state index contributed by atoms with van der Waals surface area (Å²) >= 11 is 0. The molecule has 2 aromatic carbocycles. The van der Waals surface area contributed by atoms with E-state index in [1.54, 1.807) is 24.3 Å². The molecule has 27 heavy (non-hydrogen) atoms. The summed E-state index contributed by atoms with van der Waals surface area (Å²) in [4.78, 5) is 15.0. The third kappa shape index (κ3) is 3.47. The molecule has 1 fully saturated rings. The summed E-state index contributed by atoms with van der Waals surface area (Å²) in [5.74, 6) is 0.489. The van der Waals surface area contributed by atoms with Gasteiger partial charge in [-0.25, -0.2) is 4.39 Å². The first-order valence-corrected chi connectivity index (χ1v) is 9.29. The maximum Gasteiger partial charge on any atom is 0.231 e. The number of rotatable bonds is 3. The van der Waals surface area contributed by atoms with E-state index >= 15 is 0 Å². The van der Waals surface area contributed by atoms with E-state index in [2.05, 4.69) is 11.8 Å². The van der Waals surface area contributed by atoms with Crippen molar-refractivity contribution in [3.63, 3.8) is 0 Å². The van der Waals surface area contributed by atoms with Crippen LogP contribution in [0.5, 0.6) is 11.5 Å². The summed E-state index contributed by atoms with van der Waals surface area (Å²) in [6, 6.07) is 9.34. The number of Topliss-reactive ketones (excluding diaryl/α,β-unsaturated/α-hetero) is 1. The standard InChI is InChI=1S/C22H22FNO3/c1-14-5-4-10-24(12-14)13-17-19(25)9-8-16-21(26)20(27-22(16)17)11-15-6-2-3-7-18(15)23/h2-3,6-9,11,14,25H,4-5,10,12-13H2,1H3/b20-11+. The van der Waals surface area contributed by atoms with Gasteiger partial charge in [0.05, 0.1) is 11.1 Å². The minimum atomic E-state index is -0.414. The van der Waals surface area contributed by atoms with Gasteiger partial charge in [0.25, 0.3) is 0 Å². The molecule has 0 saturated carbocycles. The molecular weight excluding hydrogens is 345 g/mol. The van der Waals surface area contributed by atoms with E-state index in [4.69, 9.17) is 4.74 Å². The van der Waals surface area contributed by atoms with Crippen molar-refractivity contribution >= 4 is 11.9 Å². The van der Waals surface area contributed by atoms with Crippen LogP contribution < -0.4 is 4.74 Å². The molecule has 1 N–H and O–H groups in total. The van der Waals surface area contributed by atoms with Crippen molar-refractivity contribution in [1.29, 1.82) is 0 Å². The van der Waals surface area contributed by atoms with Gasteiger partial charge >= 0.3 is 0 Å². The number of ether oxygens (including phenoxy) is 1. The highest BCUT2D eigenvalue weighted by Gasteiger charge is 2.32. The van der Waals surface area contributed by atoms with Gasteiger partial charge in [0.1, 0.15) is 17.3 Å². The van der Waals surface area contributed by atoms with Crippen molar-refractivity contribution in [2.24, 2.45) is 5.92 Å². The predicted molar refractivity (Wildman–Crippen MR) is 101 cm³/mol. The highest BCUT2D eigenvalue weighted by molar-refractivity contribution is 6.15. The molecule has 0 radical (unpaired) electrons. The molecule has 5 heteroatoms. The summed E-state index contributed by atoms with van der Waals surface area (Å²) in [5.41, 5.74) is 1.33. The van der Waals surface area contributed by atoms with Crippen molar-refractivity contribution in [1.82, 2.24) is 4.90 Å². The van der Waals surface area contributed by atoms with Gasteiger partial charge in [-0.2, -0.15) is 0 Å². The molecule has 1 unspecified atom stereocenters. The molecule has 2 aromatic rings. The maximum absolute atomic E-state index is 13.9. The monoisotopic (exact) mass is 367 g/mol. The number of allylic oxidation sites excluding steroid dienone is 1. The molecule has 0 bridgehead atoms. The smallest absolute Gasteiger partial charge is 0.231 e. The molecule has 2 aliphatic heterocycles. The Balaban J connectivity index is 1.66. The number of hydrogen-bond donors (Lipinski definition) is 1. The Hall–Kier alpha value is -2.66.